The fraction of sp³-hybridized carbons (Fsp3) is 0.562. The molecule has 0 atom stereocenters. The summed E-state index contributed by atoms with van der Waals surface area (Å²) in [4.78, 5) is 14.0. The molecule has 0 bridgehead atoms. The SMILES string of the molecule is CCOC(=O)C1CCN(CCOc2ccc(N)cc2)CC1. The summed E-state index contributed by atoms with van der Waals surface area (Å²) < 4.78 is 10.8. The summed E-state index contributed by atoms with van der Waals surface area (Å²) in [6, 6.07) is 7.42. The molecule has 1 fully saturated rings. The van der Waals surface area contributed by atoms with Gasteiger partial charge in [0.1, 0.15) is 12.4 Å². The number of nitrogens with two attached hydrogens (primary N) is 1. The van der Waals surface area contributed by atoms with E-state index in [1.165, 1.54) is 0 Å². The van der Waals surface area contributed by atoms with Crippen molar-refractivity contribution in [2.45, 2.75) is 19.8 Å². The van der Waals surface area contributed by atoms with Crippen LogP contribution in [0.25, 0.3) is 0 Å². The number of esters is 1. The van der Waals surface area contributed by atoms with E-state index >= 15 is 0 Å². The molecular weight excluding hydrogens is 268 g/mol. The number of hydrogen-bond acceptors (Lipinski definition) is 5. The molecule has 5 nitrogen and oxygen atoms in total. The second-order valence-electron chi connectivity index (χ2n) is 5.29. The molecule has 1 aromatic rings. The second-order valence-corrected chi connectivity index (χ2v) is 5.29. The third kappa shape index (κ3) is 4.93. The average Bonchev–Trinajstić information content (AvgIpc) is 2.50. The normalized spacial score (nSPS) is 16.6. The third-order valence-corrected chi connectivity index (χ3v) is 3.76. The Morgan fingerprint density at radius 3 is 2.57 bits per heavy atom. The third-order valence-electron chi connectivity index (χ3n) is 3.76. The van der Waals surface area contributed by atoms with Gasteiger partial charge in [-0.15, -0.1) is 0 Å². The van der Waals surface area contributed by atoms with Crippen molar-refractivity contribution < 1.29 is 14.3 Å². The van der Waals surface area contributed by atoms with Crippen LogP contribution < -0.4 is 10.5 Å². The Morgan fingerprint density at radius 1 is 1.29 bits per heavy atom. The number of ether oxygens (including phenoxy) is 2. The van der Waals surface area contributed by atoms with Gasteiger partial charge in [0.15, 0.2) is 0 Å². The van der Waals surface area contributed by atoms with Gasteiger partial charge < -0.3 is 15.2 Å². The van der Waals surface area contributed by atoms with Crippen LogP contribution in [0.1, 0.15) is 19.8 Å². The van der Waals surface area contributed by atoms with Crippen molar-refractivity contribution in [3.63, 3.8) is 0 Å². The number of carbonyl (C=O) groups is 1. The first-order chi connectivity index (χ1) is 10.2. The van der Waals surface area contributed by atoms with E-state index in [-0.39, 0.29) is 11.9 Å². The maximum atomic E-state index is 11.7. The molecule has 116 valence electrons. The maximum Gasteiger partial charge on any atom is 0.309 e. The predicted octanol–water partition coefficient (Wildman–Crippen LogP) is 1.92. The Labute approximate surface area is 126 Å². The molecular formula is C16H24N2O3. The van der Waals surface area contributed by atoms with Crippen molar-refractivity contribution in [2.75, 3.05) is 38.6 Å². The van der Waals surface area contributed by atoms with E-state index in [2.05, 4.69) is 4.90 Å². The maximum absolute atomic E-state index is 11.7. The van der Waals surface area contributed by atoms with Crippen molar-refractivity contribution in [3.8, 4) is 5.75 Å². The number of nitrogens with zero attached hydrogens (tertiary/aromatic N) is 1. The highest BCUT2D eigenvalue weighted by Crippen LogP contribution is 2.19. The van der Waals surface area contributed by atoms with Crippen LogP contribution >= 0.6 is 0 Å². The summed E-state index contributed by atoms with van der Waals surface area (Å²) in [5.74, 6) is 0.861. The molecule has 0 amide bonds. The van der Waals surface area contributed by atoms with Crippen LogP contribution in [0.2, 0.25) is 0 Å². The van der Waals surface area contributed by atoms with E-state index in [9.17, 15) is 4.79 Å². The highest BCUT2D eigenvalue weighted by molar-refractivity contribution is 5.72. The first kappa shape index (κ1) is 15.6. The van der Waals surface area contributed by atoms with Crippen LogP contribution in [0, 0.1) is 5.92 Å². The number of benzene rings is 1. The number of nitrogen functional groups attached to an aromatic ring is 1. The van der Waals surface area contributed by atoms with E-state index < -0.39 is 0 Å². The number of likely N-dealkylation sites (tertiary alicyclic amines) is 1. The highest BCUT2D eigenvalue weighted by atomic mass is 16.5. The zero-order chi connectivity index (χ0) is 15.1. The molecule has 1 saturated heterocycles. The molecule has 2 N–H and O–H groups in total. The Balaban J connectivity index is 1.65. The van der Waals surface area contributed by atoms with Crippen molar-refractivity contribution in [1.82, 2.24) is 4.90 Å². The molecule has 0 radical (unpaired) electrons. The van der Waals surface area contributed by atoms with Crippen LogP contribution in [0.4, 0.5) is 5.69 Å². The largest absolute Gasteiger partial charge is 0.492 e. The van der Waals surface area contributed by atoms with Crippen LogP contribution in [0.3, 0.4) is 0 Å². The molecule has 2 rings (SSSR count). The van der Waals surface area contributed by atoms with Gasteiger partial charge in [-0.25, -0.2) is 0 Å². The molecule has 0 unspecified atom stereocenters. The van der Waals surface area contributed by atoms with Gasteiger partial charge in [-0.1, -0.05) is 0 Å². The summed E-state index contributed by atoms with van der Waals surface area (Å²) in [6.45, 7) is 5.69. The average molecular weight is 292 g/mol. The molecule has 21 heavy (non-hydrogen) atoms. The lowest BCUT2D eigenvalue weighted by molar-refractivity contribution is -0.149. The molecule has 1 aromatic carbocycles. The fourth-order valence-corrected chi connectivity index (χ4v) is 2.51. The summed E-state index contributed by atoms with van der Waals surface area (Å²) >= 11 is 0. The number of hydrogen-bond donors (Lipinski definition) is 1. The zero-order valence-corrected chi connectivity index (χ0v) is 12.6. The van der Waals surface area contributed by atoms with Crippen LogP contribution in [-0.2, 0) is 9.53 Å². The van der Waals surface area contributed by atoms with Crippen LogP contribution in [-0.4, -0.2) is 43.7 Å². The topological polar surface area (TPSA) is 64.8 Å². The fourth-order valence-electron chi connectivity index (χ4n) is 2.51. The molecule has 1 aliphatic rings. The Hall–Kier alpha value is -1.75. The summed E-state index contributed by atoms with van der Waals surface area (Å²) in [5, 5.41) is 0. The molecule has 0 saturated carbocycles. The van der Waals surface area contributed by atoms with Crippen molar-refractivity contribution >= 4 is 11.7 Å². The Morgan fingerprint density at radius 2 is 1.95 bits per heavy atom. The van der Waals surface area contributed by atoms with E-state index in [0.29, 0.717) is 13.2 Å². The number of rotatable bonds is 6. The smallest absolute Gasteiger partial charge is 0.309 e. The van der Waals surface area contributed by atoms with Crippen molar-refractivity contribution in [3.05, 3.63) is 24.3 Å². The van der Waals surface area contributed by atoms with Gasteiger partial charge in [0.25, 0.3) is 0 Å². The monoisotopic (exact) mass is 292 g/mol. The second kappa shape index (κ2) is 7.88. The first-order valence-electron chi connectivity index (χ1n) is 7.56. The van der Waals surface area contributed by atoms with Gasteiger partial charge in [0.05, 0.1) is 12.5 Å². The van der Waals surface area contributed by atoms with Gasteiger partial charge in [0.2, 0.25) is 0 Å². The minimum atomic E-state index is -0.0460. The van der Waals surface area contributed by atoms with E-state index in [1.54, 1.807) is 0 Å². The van der Waals surface area contributed by atoms with Gasteiger partial charge in [-0.3, -0.25) is 9.69 Å². The summed E-state index contributed by atoms with van der Waals surface area (Å²) in [5.41, 5.74) is 6.37. The minimum Gasteiger partial charge on any atom is -0.492 e. The lowest BCUT2D eigenvalue weighted by atomic mass is 9.97. The zero-order valence-electron chi connectivity index (χ0n) is 12.6. The quantitative estimate of drug-likeness (QED) is 0.641. The Bertz CT molecular complexity index is 439. The number of carbonyl (C=O) groups excluding carboxylic acids is 1. The first-order valence-corrected chi connectivity index (χ1v) is 7.56. The van der Waals surface area contributed by atoms with Crippen molar-refractivity contribution in [1.29, 1.82) is 0 Å². The van der Waals surface area contributed by atoms with Gasteiger partial charge in [0, 0.05) is 12.2 Å². The highest BCUT2D eigenvalue weighted by Gasteiger charge is 2.25. The van der Waals surface area contributed by atoms with Gasteiger partial charge in [-0.2, -0.15) is 0 Å². The van der Waals surface area contributed by atoms with E-state index in [1.807, 2.05) is 31.2 Å². The molecule has 1 heterocycles. The molecule has 0 aromatic heterocycles. The van der Waals surface area contributed by atoms with Crippen LogP contribution in [0.5, 0.6) is 5.75 Å². The summed E-state index contributed by atoms with van der Waals surface area (Å²) in [6.07, 6.45) is 1.75. The molecule has 5 heteroatoms. The molecule has 1 aliphatic heterocycles. The van der Waals surface area contributed by atoms with Gasteiger partial charge in [-0.05, 0) is 57.1 Å². The minimum absolute atomic E-state index is 0.0460. The van der Waals surface area contributed by atoms with Crippen molar-refractivity contribution in [2.24, 2.45) is 5.92 Å². The molecule has 0 aliphatic carbocycles. The predicted molar refractivity (Wildman–Crippen MR) is 82.1 cm³/mol. The lowest BCUT2D eigenvalue weighted by Gasteiger charge is -2.30. The lowest BCUT2D eigenvalue weighted by Crippen LogP contribution is -2.39. The Kier molecular flexibility index (Phi) is 5.87. The number of anilines is 1. The standard InChI is InChI=1S/C16H24N2O3/c1-2-20-16(19)13-7-9-18(10-8-13)11-12-21-15-5-3-14(17)4-6-15/h3-6,13H,2,7-12,17H2,1H3. The van der Waals surface area contributed by atoms with Crippen LogP contribution in [0.15, 0.2) is 24.3 Å². The van der Waals surface area contributed by atoms with E-state index in [4.69, 9.17) is 15.2 Å². The van der Waals surface area contributed by atoms with E-state index in [0.717, 1.165) is 43.9 Å². The number of piperidine rings is 1. The summed E-state index contributed by atoms with van der Waals surface area (Å²) in [7, 11) is 0. The molecule has 0 spiro atoms. The van der Waals surface area contributed by atoms with Gasteiger partial charge >= 0.3 is 5.97 Å².